The number of pyridine rings is 1. The van der Waals surface area contributed by atoms with Crippen LogP contribution in [0.5, 0.6) is 0 Å². The fourth-order valence-corrected chi connectivity index (χ4v) is 3.23. The number of fused-ring (bicyclic) bond motifs is 1. The molecular weight excluding hydrogens is 298 g/mol. The molecule has 0 bridgehead atoms. The minimum atomic E-state index is -0.975. The first-order valence-corrected chi connectivity index (χ1v) is 7.27. The van der Waals surface area contributed by atoms with Crippen LogP contribution in [0.3, 0.4) is 0 Å². The maximum absolute atomic E-state index is 11.4. The van der Waals surface area contributed by atoms with Gasteiger partial charge in [0.05, 0.1) is 23.6 Å². The number of thiophene rings is 1. The van der Waals surface area contributed by atoms with E-state index in [1.54, 1.807) is 6.08 Å². The van der Waals surface area contributed by atoms with Crippen molar-refractivity contribution in [1.82, 2.24) is 4.98 Å². The number of hydrogen-bond acceptors (Lipinski definition) is 4. The molecule has 0 fully saturated rings. The van der Waals surface area contributed by atoms with E-state index in [9.17, 15) is 9.90 Å². The van der Waals surface area contributed by atoms with Crippen LogP contribution in [0, 0.1) is 13.8 Å². The van der Waals surface area contributed by atoms with E-state index in [-0.39, 0.29) is 4.88 Å². The van der Waals surface area contributed by atoms with E-state index >= 15 is 0 Å². The molecule has 106 valence electrons. The maximum atomic E-state index is 11.4. The van der Waals surface area contributed by atoms with Crippen molar-refractivity contribution in [3.63, 3.8) is 0 Å². The van der Waals surface area contributed by atoms with Gasteiger partial charge < -0.3 is 9.84 Å². The van der Waals surface area contributed by atoms with Crippen molar-refractivity contribution in [2.45, 2.75) is 20.8 Å². The Morgan fingerprint density at radius 2 is 2.20 bits per heavy atom. The van der Waals surface area contributed by atoms with Gasteiger partial charge in [-0.3, -0.25) is 0 Å². The molecule has 0 saturated heterocycles. The number of carbonyl (C=O) groups is 1. The lowest BCUT2D eigenvalue weighted by atomic mass is 10.1. The molecule has 1 N–H and O–H groups in total. The average molecular weight is 312 g/mol. The third-order valence-electron chi connectivity index (χ3n) is 2.91. The topological polar surface area (TPSA) is 59.4 Å². The van der Waals surface area contributed by atoms with Gasteiger partial charge in [-0.1, -0.05) is 11.6 Å². The van der Waals surface area contributed by atoms with E-state index in [4.69, 9.17) is 16.3 Å². The Morgan fingerprint density at radius 3 is 2.80 bits per heavy atom. The van der Waals surface area contributed by atoms with Gasteiger partial charge in [0.2, 0.25) is 0 Å². The highest BCUT2D eigenvalue weighted by Gasteiger charge is 2.20. The van der Waals surface area contributed by atoms with Crippen molar-refractivity contribution in [3.05, 3.63) is 33.0 Å². The van der Waals surface area contributed by atoms with Gasteiger partial charge in [0.15, 0.2) is 0 Å². The zero-order valence-corrected chi connectivity index (χ0v) is 12.9. The molecule has 0 amide bonds. The number of carboxylic acids is 1. The van der Waals surface area contributed by atoms with Gasteiger partial charge >= 0.3 is 5.97 Å². The number of aromatic nitrogens is 1. The van der Waals surface area contributed by atoms with E-state index in [1.807, 2.05) is 20.8 Å². The van der Waals surface area contributed by atoms with Gasteiger partial charge in [-0.25, -0.2) is 9.78 Å². The Balaban J connectivity index is 2.76. The summed E-state index contributed by atoms with van der Waals surface area (Å²) < 4.78 is 5.16. The third-order valence-corrected chi connectivity index (χ3v) is 4.55. The second-order valence-electron chi connectivity index (χ2n) is 4.22. The number of carboxylic acid groups (broad SMARTS) is 1. The quantitative estimate of drug-likeness (QED) is 0.856. The summed E-state index contributed by atoms with van der Waals surface area (Å²) in [5.41, 5.74) is 2.14. The second kappa shape index (κ2) is 5.81. The fraction of sp³-hybridized carbons (Fsp3) is 0.286. The summed E-state index contributed by atoms with van der Waals surface area (Å²) in [6.07, 6.45) is 3.16. The van der Waals surface area contributed by atoms with Crippen LogP contribution in [0.4, 0.5) is 0 Å². The van der Waals surface area contributed by atoms with Gasteiger partial charge in [0.25, 0.3) is 0 Å². The van der Waals surface area contributed by atoms with Gasteiger partial charge in [0, 0.05) is 10.9 Å². The van der Waals surface area contributed by atoms with Gasteiger partial charge in [0.1, 0.15) is 9.71 Å². The summed E-state index contributed by atoms with van der Waals surface area (Å²) in [5, 5.41) is 10.7. The summed E-state index contributed by atoms with van der Waals surface area (Å²) >= 11 is 7.37. The Bertz CT molecular complexity index is 706. The van der Waals surface area contributed by atoms with Crippen molar-refractivity contribution >= 4 is 45.2 Å². The Kier molecular flexibility index (Phi) is 4.30. The molecule has 4 nitrogen and oxygen atoms in total. The zero-order valence-electron chi connectivity index (χ0n) is 11.4. The van der Waals surface area contributed by atoms with Crippen LogP contribution in [-0.4, -0.2) is 22.7 Å². The first-order valence-electron chi connectivity index (χ1n) is 6.08. The molecule has 20 heavy (non-hydrogen) atoms. The summed E-state index contributed by atoms with van der Waals surface area (Å²) in [4.78, 5) is 16.7. The van der Waals surface area contributed by atoms with Gasteiger partial charge in [-0.2, -0.15) is 0 Å². The Labute approximate surface area is 125 Å². The zero-order chi connectivity index (χ0) is 14.9. The minimum absolute atomic E-state index is 0.244. The molecule has 0 aliphatic carbocycles. The summed E-state index contributed by atoms with van der Waals surface area (Å²) in [7, 11) is 0. The molecule has 0 aromatic carbocycles. The first kappa shape index (κ1) is 14.8. The van der Waals surface area contributed by atoms with Crippen molar-refractivity contribution in [2.75, 3.05) is 6.61 Å². The molecule has 6 heteroatoms. The van der Waals surface area contributed by atoms with Crippen LogP contribution < -0.4 is 0 Å². The predicted molar refractivity (Wildman–Crippen MR) is 81.7 cm³/mol. The summed E-state index contributed by atoms with van der Waals surface area (Å²) in [6, 6.07) is 0. The van der Waals surface area contributed by atoms with E-state index in [0.717, 1.165) is 22.3 Å². The Morgan fingerprint density at radius 1 is 1.50 bits per heavy atom. The third kappa shape index (κ3) is 2.51. The van der Waals surface area contributed by atoms with Crippen LogP contribution >= 0.6 is 22.9 Å². The van der Waals surface area contributed by atoms with E-state index < -0.39 is 5.97 Å². The number of halogens is 1. The normalized spacial score (nSPS) is 11.4. The molecule has 2 rings (SSSR count). The van der Waals surface area contributed by atoms with Gasteiger partial charge in [-0.05, 0) is 32.4 Å². The molecular formula is C14H14ClNO3S. The number of aryl methyl sites for hydroxylation is 2. The molecule has 0 spiro atoms. The fourth-order valence-electron chi connectivity index (χ4n) is 1.99. The highest BCUT2D eigenvalue weighted by molar-refractivity contribution is 7.20. The van der Waals surface area contributed by atoms with E-state index in [0.29, 0.717) is 27.7 Å². The molecule has 0 saturated carbocycles. The average Bonchev–Trinajstić information content (AvgIpc) is 2.75. The van der Waals surface area contributed by atoms with Crippen molar-refractivity contribution in [1.29, 1.82) is 0 Å². The largest absolute Gasteiger partial charge is 0.501 e. The highest BCUT2D eigenvalue weighted by Crippen LogP contribution is 2.37. The van der Waals surface area contributed by atoms with Crippen molar-refractivity contribution in [2.24, 2.45) is 0 Å². The lowest BCUT2D eigenvalue weighted by Gasteiger charge is -2.04. The van der Waals surface area contributed by atoms with Crippen molar-refractivity contribution < 1.29 is 14.6 Å². The molecule has 2 aromatic heterocycles. The standard InChI is InChI=1S/C14H14ClNO3S/c1-4-19-6-5-9-10-7(2)11(15)8(3)16-13(10)20-12(9)14(17)18/h5-6H,4H2,1-3H3,(H,17,18). The lowest BCUT2D eigenvalue weighted by molar-refractivity contribution is 0.0702. The van der Waals surface area contributed by atoms with Gasteiger partial charge in [-0.15, -0.1) is 11.3 Å². The predicted octanol–water partition coefficient (Wildman–Crippen LogP) is 4.27. The monoisotopic (exact) mass is 311 g/mol. The molecule has 0 radical (unpaired) electrons. The van der Waals surface area contributed by atoms with Crippen LogP contribution in [0.1, 0.15) is 33.4 Å². The number of hydrogen-bond donors (Lipinski definition) is 1. The second-order valence-corrected chi connectivity index (χ2v) is 5.60. The Hall–Kier alpha value is -1.59. The SMILES string of the molecule is CCOC=Cc1c(C(=O)O)sc2nc(C)c(Cl)c(C)c12. The molecule has 0 aliphatic rings. The van der Waals surface area contributed by atoms with Crippen molar-refractivity contribution in [3.8, 4) is 0 Å². The number of aromatic carboxylic acids is 1. The molecule has 2 aromatic rings. The number of ether oxygens (including phenoxy) is 1. The number of nitrogens with zero attached hydrogens (tertiary/aromatic N) is 1. The smallest absolute Gasteiger partial charge is 0.346 e. The summed E-state index contributed by atoms with van der Waals surface area (Å²) in [6.45, 7) is 6.07. The lowest BCUT2D eigenvalue weighted by Crippen LogP contribution is -1.95. The van der Waals surface area contributed by atoms with Crippen LogP contribution in [0.25, 0.3) is 16.3 Å². The maximum Gasteiger partial charge on any atom is 0.346 e. The molecule has 0 aliphatic heterocycles. The van der Waals surface area contributed by atoms with Crippen LogP contribution in [0.2, 0.25) is 5.02 Å². The summed E-state index contributed by atoms with van der Waals surface area (Å²) in [5.74, 6) is -0.975. The molecule has 0 atom stereocenters. The van der Waals surface area contributed by atoms with Crippen LogP contribution in [-0.2, 0) is 4.74 Å². The molecule has 0 unspecified atom stereocenters. The highest BCUT2D eigenvalue weighted by atomic mass is 35.5. The first-order chi connectivity index (χ1) is 9.47. The van der Waals surface area contributed by atoms with E-state index in [2.05, 4.69) is 4.98 Å². The molecule has 2 heterocycles. The minimum Gasteiger partial charge on any atom is -0.501 e. The number of rotatable bonds is 4. The van der Waals surface area contributed by atoms with Crippen LogP contribution in [0.15, 0.2) is 6.26 Å². The van der Waals surface area contributed by atoms with E-state index in [1.165, 1.54) is 6.26 Å².